The lowest BCUT2D eigenvalue weighted by Crippen LogP contribution is -2.60. The Morgan fingerprint density at radius 1 is 0.917 bits per heavy atom. The van der Waals surface area contributed by atoms with Crippen LogP contribution in [0.25, 0.3) is 22.3 Å². The highest BCUT2D eigenvalue weighted by molar-refractivity contribution is 5.91. The number of phenols is 3. The highest BCUT2D eigenvalue weighted by atomic mass is 16.7. The van der Waals surface area contributed by atoms with Gasteiger partial charge in [-0.25, -0.2) is 0 Å². The summed E-state index contributed by atoms with van der Waals surface area (Å²) in [5, 5.41) is 69.7. The minimum Gasteiger partial charge on any atom is -0.504 e. The highest BCUT2D eigenvalue weighted by Crippen LogP contribution is 2.45. The van der Waals surface area contributed by atoms with Gasteiger partial charge in [-0.1, -0.05) is 0 Å². The van der Waals surface area contributed by atoms with Gasteiger partial charge in [-0.2, -0.15) is 0 Å². The topological polar surface area (TPSA) is 209 Å². The van der Waals surface area contributed by atoms with Gasteiger partial charge >= 0.3 is 0 Å². The van der Waals surface area contributed by atoms with Crippen LogP contribution in [0.2, 0.25) is 0 Å². The fourth-order valence-electron chi connectivity index (χ4n) is 3.86. The van der Waals surface area contributed by atoms with Crippen LogP contribution in [-0.2, 0) is 4.74 Å². The number of aliphatic hydroxyl groups is 4. The summed E-state index contributed by atoms with van der Waals surface area (Å²) in [4.78, 5) is 13.3. The summed E-state index contributed by atoms with van der Waals surface area (Å²) in [6.45, 7) is -0.706. The van der Waals surface area contributed by atoms with Gasteiger partial charge in [0.25, 0.3) is 0 Å². The van der Waals surface area contributed by atoms with Crippen molar-refractivity contribution in [3.05, 3.63) is 34.5 Å². The second-order valence-corrected chi connectivity index (χ2v) is 7.94. The number of rotatable bonds is 6. The summed E-state index contributed by atoms with van der Waals surface area (Å²) >= 11 is 0. The maximum absolute atomic E-state index is 13.3. The Labute approximate surface area is 202 Å². The summed E-state index contributed by atoms with van der Waals surface area (Å²) < 4.78 is 27.1. The van der Waals surface area contributed by atoms with Crippen molar-refractivity contribution in [3.8, 4) is 45.8 Å². The zero-order valence-corrected chi connectivity index (χ0v) is 19.0. The SMILES string of the molecule is COc1cc2oc(-c3ccc(O)c(O)c3)c(OC)c(=O)c2c(O)c1O[C@@H]1OC(CO)[C@H](O)[C@H](O)C1O. The minimum absolute atomic E-state index is 0.116. The molecule has 1 aliphatic rings. The number of fused-ring (bicyclic) bond motifs is 1. The average Bonchev–Trinajstić information content (AvgIpc) is 2.86. The van der Waals surface area contributed by atoms with E-state index >= 15 is 0 Å². The van der Waals surface area contributed by atoms with Crippen LogP contribution in [0.4, 0.5) is 0 Å². The predicted molar refractivity (Wildman–Crippen MR) is 120 cm³/mol. The van der Waals surface area contributed by atoms with Crippen LogP contribution >= 0.6 is 0 Å². The molecule has 0 aliphatic carbocycles. The smallest absolute Gasteiger partial charge is 0.239 e. The van der Waals surface area contributed by atoms with Gasteiger partial charge in [0.05, 0.1) is 20.8 Å². The Morgan fingerprint density at radius 3 is 2.25 bits per heavy atom. The van der Waals surface area contributed by atoms with Gasteiger partial charge in [0.15, 0.2) is 28.8 Å². The second kappa shape index (κ2) is 9.72. The van der Waals surface area contributed by atoms with E-state index in [0.717, 1.165) is 6.07 Å². The van der Waals surface area contributed by atoms with Crippen molar-refractivity contribution < 1.29 is 59.1 Å². The summed E-state index contributed by atoms with van der Waals surface area (Å²) in [6, 6.07) is 4.91. The molecule has 2 heterocycles. The zero-order valence-electron chi connectivity index (χ0n) is 19.0. The lowest BCUT2D eigenvalue weighted by atomic mass is 9.99. The van der Waals surface area contributed by atoms with Crippen LogP contribution in [0, 0.1) is 0 Å². The molecule has 0 spiro atoms. The molecule has 13 heteroatoms. The zero-order chi connectivity index (χ0) is 26.3. The number of methoxy groups -OCH3 is 2. The van der Waals surface area contributed by atoms with Crippen LogP contribution < -0.4 is 19.6 Å². The number of aromatic hydroxyl groups is 3. The van der Waals surface area contributed by atoms with Gasteiger partial charge in [-0.15, -0.1) is 0 Å². The van der Waals surface area contributed by atoms with Crippen molar-refractivity contribution in [3.63, 3.8) is 0 Å². The van der Waals surface area contributed by atoms with Crippen molar-refractivity contribution in [2.45, 2.75) is 30.7 Å². The molecule has 0 bridgehead atoms. The Balaban J connectivity index is 1.86. The van der Waals surface area contributed by atoms with Crippen LogP contribution in [-0.4, -0.2) is 87.3 Å². The summed E-state index contributed by atoms with van der Waals surface area (Å²) in [6.07, 6.45) is -8.13. The van der Waals surface area contributed by atoms with Crippen molar-refractivity contribution >= 4 is 11.0 Å². The maximum atomic E-state index is 13.3. The molecule has 194 valence electrons. The van der Waals surface area contributed by atoms with E-state index in [1.807, 2.05) is 0 Å². The molecule has 0 radical (unpaired) electrons. The van der Waals surface area contributed by atoms with E-state index in [2.05, 4.69) is 0 Å². The van der Waals surface area contributed by atoms with Gasteiger partial charge in [0.1, 0.15) is 35.4 Å². The molecule has 1 aliphatic heterocycles. The molecule has 1 fully saturated rings. The maximum Gasteiger partial charge on any atom is 0.239 e. The lowest BCUT2D eigenvalue weighted by Gasteiger charge is -2.39. The van der Waals surface area contributed by atoms with Crippen LogP contribution in [0.3, 0.4) is 0 Å². The third-order valence-electron chi connectivity index (χ3n) is 5.78. The van der Waals surface area contributed by atoms with E-state index < -0.39 is 65.7 Å². The van der Waals surface area contributed by atoms with Crippen molar-refractivity contribution in [1.29, 1.82) is 0 Å². The second-order valence-electron chi connectivity index (χ2n) is 7.94. The van der Waals surface area contributed by atoms with E-state index in [1.165, 1.54) is 32.4 Å². The fourth-order valence-corrected chi connectivity index (χ4v) is 3.86. The molecule has 3 aromatic rings. The number of ether oxygens (including phenoxy) is 4. The number of hydrogen-bond acceptors (Lipinski definition) is 13. The summed E-state index contributed by atoms with van der Waals surface area (Å²) in [5.41, 5.74) is -0.819. The Hall–Kier alpha value is -3.75. The molecule has 7 N–H and O–H groups in total. The first-order valence-corrected chi connectivity index (χ1v) is 10.6. The van der Waals surface area contributed by atoms with E-state index in [1.54, 1.807) is 0 Å². The number of hydrogen-bond donors (Lipinski definition) is 7. The van der Waals surface area contributed by atoms with E-state index in [4.69, 9.17) is 23.4 Å². The molecule has 2 unspecified atom stereocenters. The van der Waals surface area contributed by atoms with Crippen molar-refractivity contribution in [2.75, 3.05) is 20.8 Å². The third-order valence-corrected chi connectivity index (χ3v) is 5.78. The minimum atomic E-state index is -1.79. The Bertz CT molecular complexity index is 1330. The third kappa shape index (κ3) is 4.12. The molecule has 36 heavy (non-hydrogen) atoms. The first-order valence-electron chi connectivity index (χ1n) is 10.6. The molecule has 2 aromatic carbocycles. The molecule has 0 amide bonds. The van der Waals surface area contributed by atoms with Crippen LogP contribution in [0.1, 0.15) is 0 Å². The molecule has 0 saturated carbocycles. The van der Waals surface area contributed by atoms with Gasteiger partial charge in [0.2, 0.25) is 23.2 Å². The molecule has 5 atom stereocenters. The average molecular weight is 508 g/mol. The first kappa shape index (κ1) is 25.3. The Kier molecular flexibility index (Phi) is 6.84. The number of aliphatic hydroxyl groups excluding tert-OH is 4. The van der Waals surface area contributed by atoms with E-state index in [-0.39, 0.29) is 33.8 Å². The van der Waals surface area contributed by atoms with Gasteiger partial charge in [0, 0.05) is 11.6 Å². The molecular weight excluding hydrogens is 484 g/mol. The van der Waals surface area contributed by atoms with Crippen molar-refractivity contribution in [1.82, 2.24) is 0 Å². The van der Waals surface area contributed by atoms with Gasteiger partial charge in [-0.05, 0) is 18.2 Å². The van der Waals surface area contributed by atoms with Crippen molar-refractivity contribution in [2.24, 2.45) is 0 Å². The number of phenolic OH excluding ortho intramolecular Hbond substituents is 3. The molecule has 13 nitrogen and oxygen atoms in total. The molecular formula is C23H24O13. The fraction of sp³-hybridized carbons (Fsp3) is 0.348. The summed E-state index contributed by atoms with van der Waals surface area (Å²) in [7, 11) is 2.41. The van der Waals surface area contributed by atoms with Gasteiger partial charge < -0.3 is 59.1 Å². The molecule has 1 saturated heterocycles. The van der Waals surface area contributed by atoms with E-state index in [0.29, 0.717) is 0 Å². The lowest BCUT2D eigenvalue weighted by molar-refractivity contribution is -0.277. The summed E-state index contributed by atoms with van der Waals surface area (Å²) in [5.74, 6) is -2.71. The monoisotopic (exact) mass is 508 g/mol. The number of benzene rings is 2. The normalized spacial score (nSPS) is 24.0. The van der Waals surface area contributed by atoms with E-state index in [9.17, 15) is 40.5 Å². The molecule has 4 rings (SSSR count). The highest BCUT2D eigenvalue weighted by Gasteiger charge is 2.45. The first-order chi connectivity index (χ1) is 17.1. The predicted octanol–water partition coefficient (Wildman–Crippen LogP) is -0.227. The van der Waals surface area contributed by atoms with Crippen LogP contribution in [0.5, 0.6) is 34.5 Å². The quantitative estimate of drug-likeness (QED) is 0.215. The molecule has 1 aromatic heterocycles. The Morgan fingerprint density at radius 2 is 1.64 bits per heavy atom. The van der Waals surface area contributed by atoms with Crippen LogP contribution in [0.15, 0.2) is 33.5 Å². The largest absolute Gasteiger partial charge is 0.504 e. The standard InChI is InChI=1S/C23H24O13/c1-32-12-6-11-14(16(28)21(12)36-23-19(31)18(30)15(27)13(7-24)35-23)17(29)22(33-2)20(34-11)8-3-4-9(25)10(26)5-8/h3-6,13,15,18-19,23-28,30-31H,7H2,1-2H3/t13?,15-,18-,19?,23-/m0/s1. The van der Waals surface area contributed by atoms with Gasteiger partial charge in [-0.3, -0.25) is 4.79 Å².